The highest BCUT2D eigenvalue weighted by Crippen LogP contribution is 2.24. The lowest BCUT2D eigenvalue weighted by molar-refractivity contribution is 0.101. The van der Waals surface area contributed by atoms with E-state index in [1.54, 1.807) is 6.92 Å². The number of hydrogen-bond acceptors (Lipinski definition) is 1. The minimum atomic E-state index is 0.109. The molecule has 2 aromatic rings. The van der Waals surface area contributed by atoms with E-state index in [0.29, 0.717) is 0 Å². The molecular weight excluding hydrogens is 242 g/mol. The van der Waals surface area contributed by atoms with Gasteiger partial charge in [-0.3, -0.25) is 4.79 Å². The van der Waals surface area contributed by atoms with Crippen molar-refractivity contribution in [2.75, 3.05) is 0 Å². The molecule has 1 aromatic heterocycles. The minimum absolute atomic E-state index is 0.109. The Morgan fingerprint density at radius 3 is 2.79 bits per heavy atom. The van der Waals surface area contributed by atoms with Gasteiger partial charge < -0.3 is 4.57 Å². The fraction of sp³-hybridized carbons (Fsp3) is 0.182. The lowest BCUT2D eigenvalue weighted by Crippen LogP contribution is -1.88. The first-order valence-electron chi connectivity index (χ1n) is 4.35. The summed E-state index contributed by atoms with van der Waals surface area (Å²) in [5.41, 5.74) is 1.86. The number of benzene rings is 1. The standard InChI is InChI=1S/C11H10BrNO/c1-7(14)10-6-13(2)11-5-8(12)3-4-9(10)11/h3-6H,1-2H3. The number of ketones is 1. The van der Waals surface area contributed by atoms with Crippen LogP contribution in [0.1, 0.15) is 17.3 Å². The zero-order valence-electron chi connectivity index (χ0n) is 8.04. The Balaban J connectivity index is 2.84. The Kier molecular flexibility index (Phi) is 2.19. The third kappa shape index (κ3) is 1.38. The molecule has 0 amide bonds. The van der Waals surface area contributed by atoms with Gasteiger partial charge in [0, 0.05) is 34.2 Å². The third-order valence-corrected chi connectivity index (χ3v) is 2.83. The first-order chi connectivity index (χ1) is 6.59. The van der Waals surface area contributed by atoms with Crippen LogP contribution in [0.3, 0.4) is 0 Å². The van der Waals surface area contributed by atoms with E-state index in [1.807, 2.05) is 36.0 Å². The Labute approximate surface area is 90.7 Å². The molecule has 0 saturated carbocycles. The van der Waals surface area contributed by atoms with Crippen LogP contribution in [-0.4, -0.2) is 10.4 Å². The predicted molar refractivity (Wildman–Crippen MR) is 60.6 cm³/mol. The molecule has 14 heavy (non-hydrogen) atoms. The Morgan fingerprint density at radius 1 is 1.43 bits per heavy atom. The van der Waals surface area contributed by atoms with Gasteiger partial charge in [-0.05, 0) is 19.1 Å². The molecule has 3 heteroatoms. The number of carbonyl (C=O) groups is 1. The van der Waals surface area contributed by atoms with E-state index in [4.69, 9.17) is 0 Å². The molecule has 0 aliphatic carbocycles. The number of carbonyl (C=O) groups excluding carboxylic acids is 1. The second-order valence-electron chi connectivity index (χ2n) is 3.37. The smallest absolute Gasteiger partial charge is 0.161 e. The first kappa shape index (κ1) is 9.46. The maximum absolute atomic E-state index is 11.3. The third-order valence-electron chi connectivity index (χ3n) is 2.33. The summed E-state index contributed by atoms with van der Waals surface area (Å²) in [6.07, 6.45) is 1.87. The van der Waals surface area contributed by atoms with Gasteiger partial charge in [0.2, 0.25) is 0 Å². The summed E-state index contributed by atoms with van der Waals surface area (Å²) >= 11 is 3.41. The van der Waals surface area contributed by atoms with Crippen molar-refractivity contribution in [3.8, 4) is 0 Å². The van der Waals surface area contributed by atoms with Crippen LogP contribution in [0.5, 0.6) is 0 Å². The summed E-state index contributed by atoms with van der Waals surface area (Å²) in [5, 5.41) is 1.02. The zero-order valence-corrected chi connectivity index (χ0v) is 9.63. The lowest BCUT2D eigenvalue weighted by atomic mass is 10.1. The number of nitrogens with zero attached hydrogens (tertiary/aromatic N) is 1. The Hall–Kier alpha value is -1.09. The van der Waals surface area contributed by atoms with E-state index in [0.717, 1.165) is 20.9 Å². The fourth-order valence-corrected chi connectivity index (χ4v) is 1.99. The SMILES string of the molecule is CC(=O)c1cn(C)c2cc(Br)ccc12. The largest absolute Gasteiger partial charge is 0.350 e. The van der Waals surface area contributed by atoms with Crippen molar-refractivity contribution in [1.29, 1.82) is 0 Å². The number of rotatable bonds is 1. The number of hydrogen-bond donors (Lipinski definition) is 0. The number of Topliss-reactive ketones (excluding diaryl/α,β-unsaturated/α-hetero) is 1. The van der Waals surface area contributed by atoms with E-state index in [-0.39, 0.29) is 5.78 Å². The van der Waals surface area contributed by atoms with Gasteiger partial charge in [-0.15, -0.1) is 0 Å². The average molecular weight is 252 g/mol. The van der Waals surface area contributed by atoms with Crippen LogP contribution in [0.4, 0.5) is 0 Å². The average Bonchev–Trinajstić information content (AvgIpc) is 2.44. The number of fused-ring (bicyclic) bond motifs is 1. The fourth-order valence-electron chi connectivity index (χ4n) is 1.64. The molecule has 2 rings (SSSR count). The van der Waals surface area contributed by atoms with E-state index in [2.05, 4.69) is 15.9 Å². The van der Waals surface area contributed by atoms with Crippen LogP contribution >= 0.6 is 15.9 Å². The second-order valence-corrected chi connectivity index (χ2v) is 4.29. The lowest BCUT2D eigenvalue weighted by Gasteiger charge is -1.96. The summed E-state index contributed by atoms with van der Waals surface area (Å²) < 4.78 is 3.00. The predicted octanol–water partition coefficient (Wildman–Crippen LogP) is 3.14. The van der Waals surface area contributed by atoms with Gasteiger partial charge in [0.15, 0.2) is 5.78 Å². The van der Waals surface area contributed by atoms with Crippen LogP contribution in [0.2, 0.25) is 0 Å². The molecule has 0 bridgehead atoms. The summed E-state index contributed by atoms with van der Waals surface area (Å²) in [4.78, 5) is 11.3. The number of halogens is 1. The Morgan fingerprint density at radius 2 is 2.14 bits per heavy atom. The molecule has 0 fully saturated rings. The van der Waals surface area contributed by atoms with Crippen molar-refractivity contribution in [1.82, 2.24) is 4.57 Å². The molecule has 0 spiro atoms. The highest BCUT2D eigenvalue weighted by Gasteiger charge is 2.09. The van der Waals surface area contributed by atoms with Crippen LogP contribution in [0.25, 0.3) is 10.9 Å². The molecule has 0 saturated heterocycles. The summed E-state index contributed by atoms with van der Waals surface area (Å²) in [7, 11) is 1.95. The summed E-state index contributed by atoms with van der Waals surface area (Å²) in [6, 6.07) is 5.94. The minimum Gasteiger partial charge on any atom is -0.350 e. The quantitative estimate of drug-likeness (QED) is 0.714. The molecule has 1 heterocycles. The van der Waals surface area contributed by atoms with Gasteiger partial charge >= 0.3 is 0 Å². The van der Waals surface area contributed by atoms with Crippen LogP contribution in [0.15, 0.2) is 28.9 Å². The maximum Gasteiger partial charge on any atom is 0.161 e. The zero-order chi connectivity index (χ0) is 10.3. The monoisotopic (exact) mass is 251 g/mol. The highest BCUT2D eigenvalue weighted by atomic mass is 79.9. The van der Waals surface area contributed by atoms with Gasteiger partial charge in [0.25, 0.3) is 0 Å². The van der Waals surface area contributed by atoms with Crippen LogP contribution < -0.4 is 0 Å². The maximum atomic E-state index is 11.3. The van der Waals surface area contributed by atoms with Gasteiger partial charge in [0.1, 0.15) is 0 Å². The summed E-state index contributed by atoms with van der Waals surface area (Å²) in [6.45, 7) is 1.59. The normalized spacial score (nSPS) is 10.8. The molecule has 0 radical (unpaired) electrons. The van der Waals surface area contributed by atoms with E-state index in [1.165, 1.54) is 0 Å². The van der Waals surface area contributed by atoms with Gasteiger partial charge in [-0.2, -0.15) is 0 Å². The first-order valence-corrected chi connectivity index (χ1v) is 5.14. The van der Waals surface area contributed by atoms with Crippen molar-refractivity contribution in [3.05, 3.63) is 34.4 Å². The van der Waals surface area contributed by atoms with Gasteiger partial charge in [0.05, 0.1) is 0 Å². The van der Waals surface area contributed by atoms with E-state index < -0.39 is 0 Å². The van der Waals surface area contributed by atoms with Gasteiger partial charge in [-0.25, -0.2) is 0 Å². The molecule has 2 nitrogen and oxygen atoms in total. The Bertz CT molecular complexity index is 513. The number of aryl methyl sites for hydroxylation is 1. The van der Waals surface area contributed by atoms with Crippen molar-refractivity contribution in [3.63, 3.8) is 0 Å². The molecule has 0 atom stereocenters. The summed E-state index contributed by atoms with van der Waals surface area (Å²) in [5.74, 6) is 0.109. The molecular formula is C11H10BrNO. The van der Waals surface area contributed by atoms with Crippen molar-refractivity contribution >= 4 is 32.6 Å². The van der Waals surface area contributed by atoms with E-state index in [9.17, 15) is 4.79 Å². The highest BCUT2D eigenvalue weighted by molar-refractivity contribution is 9.10. The molecule has 0 aliphatic heterocycles. The molecule has 0 unspecified atom stereocenters. The van der Waals surface area contributed by atoms with Crippen molar-refractivity contribution < 1.29 is 4.79 Å². The molecule has 0 N–H and O–H groups in total. The van der Waals surface area contributed by atoms with Crippen molar-refractivity contribution in [2.24, 2.45) is 7.05 Å². The van der Waals surface area contributed by atoms with Crippen LogP contribution in [0, 0.1) is 0 Å². The van der Waals surface area contributed by atoms with Gasteiger partial charge in [-0.1, -0.05) is 22.0 Å². The van der Waals surface area contributed by atoms with Crippen molar-refractivity contribution in [2.45, 2.75) is 6.92 Å². The second kappa shape index (κ2) is 3.24. The molecule has 1 aromatic carbocycles. The molecule has 0 aliphatic rings. The van der Waals surface area contributed by atoms with E-state index >= 15 is 0 Å². The molecule has 72 valence electrons. The topological polar surface area (TPSA) is 22.0 Å². The number of aromatic nitrogens is 1. The van der Waals surface area contributed by atoms with Crippen LogP contribution in [-0.2, 0) is 7.05 Å².